The maximum absolute atomic E-state index is 13.3. The predicted molar refractivity (Wildman–Crippen MR) is 50.8 cm³/mol. The molecule has 0 aromatic heterocycles. The number of carboxylic acid groups (broad SMARTS) is 1. The van der Waals surface area contributed by atoms with Crippen molar-refractivity contribution in [1.29, 1.82) is 0 Å². The number of halogens is 1. The van der Waals surface area contributed by atoms with Crippen LogP contribution in [0.25, 0.3) is 0 Å². The zero-order valence-corrected chi connectivity index (χ0v) is 9.00. The third kappa shape index (κ3) is 3.44. The first kappa shape index (κ1) is 13.1. The summed E-state index contributed by atoms with van der Waals surface area (Å²) in [5.74, 6) is -1.48. The number of alkyl halides is 1. The largest absolute Gasteiger partial charge is 0.479 e. The van der Waals surface area contributed by atoms with Crippen molar-refractivity contribution in [3.8, 4) is 0 Å². The van der Waals surface area contributed by atoms with Crippen LogP contribution in [0.4, 0.5) is 4.39 Å². The van der Waals surface area contributed by atoms with Crippen LogP contribution in [0.5, 0.6) is 0 Å². The quantitative estimate of drug-likeness (QED) is 0.697. The lowest BCUT2D eigenvalue weighted by atomic mass is 9.73. The summed E-state index contributed by atoms with van der Waals surface area (Å²) in [6, 6.07) is 0. The summed E-state index contributed by atoms with van der Waals surface area (Å²) < 4.78 is 13.3. The molecule has 0 radical (unpaired) electrons. The van der Waals surface area contributed by atoms with Gasteiger partial charge in [-0.1, -0.05) is 27.7 Å². The van der Waals surface area contributed by atoms with Crippen LogP contribution >= 0.6 is 0 Å². The molecule has 0 amide bonds. The molecule has 0 aromatic rings. The molecule has 0 heterocycles. The molecule has 0 fully saturated rings. The lowest BCUT2D eigenvalue weighted by Gasteiger charge is -2.32. The molecule has 0 unspecified atom stereocenters. The lowest BCUT2D eigenvalue weighted by Crippen LogP contribution is -2.37. The molecule has 3 nitrogen and oxygen atoms in total. The maximum atomic E-state index is 13.3. The second-order valence-corrected chi connectivity index (χ2v) is 4.97. The molecule has 1 atom stereocenters. The monoisotopic (exact) mass is 204 g/mol. The molecule has 0 bridgehead atoms. The Balaban J connectivity index is 4.64. The van der Waals surface area contributed by atoms with Gasteiger partial charge in [-0.15, -0.1) is 0 Å². The number of rotatable bonds is 5. The van der Waals surface area contributed by atoms with Crippen LogP contribution in [0.15, 0.2) is 0 Å². The molecule has 0 aliphatic carbocycles. The number of aldehydes is 1. The number of carboxylic acids is 1. The lowest BCUT2D eigenvalue weighted by molar-refractivity contribution is -0.148. The molecule has 0 saturated carbocycles. The number of carbonyl (C=O) groups is 2. The van der Waals surface area contributed by atoms with E-state index in [4.69, 9.17) is 5.11 Å². The van der Waals surface area contributed by atoms with Gasteiger partial charge in [0, 0.05) is 10.8 Å². The summed E-state index contributed by atoms with van der Waals surface area (Å²) in [7, 11) is 0. The number of carbonyl (C=O) groups excluding carboxylic acids is 1. The summed E-state index contributed by atoms with van der Waals surface area (Å²) >= 11 is 0. The molecular formula is C10H17FO3. The first-order valence-corrected chi connectivity index (χ1v) is 4.45. The Bertz CT molecular complexity index is 234. The van der Waals surface area contributed by atoms with Crippen LogP contribution in [0, 0.1) is 10.8 Å². The van der Waals surface area contributed by atoms with E-state index in [9.17, 15) is 14.0 Å². The van der Waals surface area contributed by atoms with Crippen LogP contribution in [0.3, 0.4) is 0 Å². The fourth-order valence-corrected chi connectivity index (χ4v) is 1.64. The number of hydrogen-bond donors (Lipinski definition) is 1. The van der Waals surface area contributed by atoms with E-state index < -0.39 is 23.0 Å². The van der Waals surface area contributed by atoms with Crippen LogP contribution in [0.2, 0.25) is 0 Å². The second-order valence-electron chi connectivity index (χ2n) is 4.97. The SMILES string of the molecule is CC(C)(C=O)CC(C)(C)[C@H](F)C(=O)O. The summed E-state index contributed by atoms with van der Waals surface area (Å²) in [6.45, 7) is 6.35. The van der Waals surface area contributed by atoms with Crippen LogP contribution in [0.1, 0.15) is 34.1 Å². The van der Waals surface area contributed by atoms with Crippen LogP contribution in [-0.2, 0) is 9.59 Å². The van der Waals surface area contributed by atoms with E-state index in [1.54, 1.807) is 13.8 Å². The maximum Gasteiger partial charge on any atom is 0.338 e. The zero-order chi connectivity index (χ0) is 11.6. The number of aliphatic carboxylic acids is 1. The molecule has 0 spiro atoms. The molecule has 14 heavy (non-hydrogen) atoms. The second kappa shape index (κ2) is 4.07. The Labute approximate surface area is 83.3 Å². The standard InChI is InChI=1S/C10H17FO3/c1-9(2,6-12)5-10(3,4)7(11)8(13)14/h6-7H,5H2,1-4H3,(H,13,14)/t7-/m1/s1. The first-order valence-electron chi connectivity index (χ1n) is 4.45. The van der Waals surface area contributed by atoms with Gasteiger partial charge in [0.05, 0.1) is 0 Å². The van der Waals surface area contributed by atoms with Gasteiger partial charge >= 0.3 is 5.97 Å². The normalized spacial score (nSPS) is 14.9. The van der Waals surface area contributed by atoms with Gasteiger partial charge in [0.25, 0.3) is 0 Å². The molecule has 1 N–H and O–H groups in total. The van der Waals surface area contributed by atoms with E-state index in [2.05, 4.69) is 0 Å². The Morgan fingerprint density at radius 1 is 1.43 bits per heavy atom. The van der Waals surface area contributed by atoms with E-state index in [1.165, 1.54) is 13.8 Å². The summed E-state index contributed by atoms with van der Waals surface area (Å²) in [5.41, 5.74) is -1.72. The van der Waals surface area contributed by atoms with Gasteiger partial charge in [-0.05, 0) is 6.42 Å². The van der Waals surface area contributed by atoms with Gasteiger partial charge in [-0.2, -0.15) is 0 Å². The first-order chi connectivity index (χ1) is 6.12. The molecule has 0 aromatic carbocycles. The van der Waals surface area contributed by atoms with Gasteiger partial charge in [0.1, 0.15) is 6.29 Å². The Morgan fingerprint density at radius 3 is 2.14 bits per heavy atom. The van der Waals surface area contributed by atoms with Crippen molar-refractivity contribution >= 4 is 12.3 Å². The van der Waals surface area contributed by atoms with Crippen molar-refractivity contribution < 1.29 is 19.1 Å². The minimum absolute atomic E-state index is 0.205. The minimum atomic E-state index is -1.94. The molecule has 4 heteroatoms. The zero-order valence-electron chi connectivity index (χ0n) is 9.00. The topological polar surface area (TPSA) is 54.4 Å². The summed E-state index contributed by atoms with van der Waals surface area (Å²) in [6.07, 6.45) is -1.01. The summed E-state index contributed by atoms with van der Waals surface area (Å²) in [5, 5.41) is 8.52. The van der Waals surface area contributed by atoms with Gasteiger partial charge in [0.2, 0.25) is 6.17 Å². The van der Waals surface area contributed by atoms with E-state index in [0.29, 0.717) is 0 Å². The minimum Gasteiger partial charge on any atom is -0.479 e. The van der Waals surface area contributed by atoms with Crippen molar-refractivity contribution in [3.63, 3.8) is 0 Å². The van der Waals surface area contributed by atoms with E-state index in [-0.39, 0.29) is 6.42 Å². The average Bonchev–Trinajstić information content (AvgIpc) is 2.01. The molecule has 0 aliphatic rings. The number of hydrogen-bond acceptors (Lipinski definition) is 2. The van der Waals surface area contributed by atoms with Gasteiger partial charge in [-0.25, -0.2) is 9.18 Å². The fourth-order valence-electron chi connectivity index (χ4n) is 1.64. The molecule has 82 valence electrons. The van der Waals surface area contributed by atoms with Crippen LogP contribution in [-0.4, -0.2) is 23.5 Å². The highest BCUT2D eigenvalue weighted by Crippen LogP contribution is 2.36. The van der Waals surface area contributed by atoms with Gasteiger partial charge < -0.3 is 9.90 Å². The fraction of sp³-hybridized carbons (Fsp3) is 0.800. The average molecular weight is 204 g/mol. The predicted octanol–water partition coefficient (Wildman–Crippen LogP) is 2.05. The van der Waals surface area contributed by atoms with E-state index in [0.717, 1.165) is 6.29 Å². The van der Waals surface area contributed by atoms with Crippen molar-refractivity contribution in [3.05, 3.63) is 0 Å². The van der Waals surface area contributed by atoms with E-state index >= 15 is 0 Å². The highest BCUT2D eigenvalue weighted by Gasteiger charge is 2.39. The Kier molecular flexibility index (Phi) is 3.80. The molecule has 0 saturated heterocycles. The highest BCUT2D eigenvalue weighted by atomic mass is 19.1. The van der Waals surface area contributed by atoms with Crippen molar-refractivity contribution in [2.75, 3.05) is 0 Å². The summed E-state index contributed by atoms with van der Waals surface area (Å²) in [4.78, 5) is 21.1. The van der Waals surface area contributed by atoms with Gasteiger partial charge in [-0.3, -0.25) is 0 Å². The van der Waals surface area contributed by atoms with E-state index in [1.807, 2.05) is 0 Å². The van der Waals surface area contributed by atoms with Gasteiger partial charge in [0.15, 0.2) is 0 Å². The van der Waals surface area contributed by atoms with Crippen molar-refractivity contribution in [2.24, 2.45) is 10.8 Å². The van der Waals surface area contributed by atoms with Crippen molar-refractivity contribution in [2.45, 2.75) is 40.3 Å². The Hall–Kier alpha value is -0.930. The third-order valence-electron chi connectivity index (χ3n) is 2.13. The van der Waals surface area contributed by atoms with Crippen molar-refractivity contribution in [1.82, 2.24) is 0 Å². The molecular weight excluding hydrogens is 187 g/mol. The smallest absolute Gasteiger partial charge is 0.338 e. The highest BCUT2D eigenvalue weighted by molar-refractivity contribution is 5.73. The Morgan fingerprint density at radius 2 is 1.86 bits per heavy atom. The van der Waals surface area contributed by atoms with Crippen LogP contribution < -0.4 is 0 Å². The molecule has 0 rings (SSSR count). The molecule has 0 aliphatic heterocycles. The third-order valence-corrected chi connectivity index (χ3v) is 2.13.